The van der Waals surface area contributed by atoms with Crippen LogP contribution in [0, 0.1) is 5.82 Å². The van der Waals surface area contributed by atoms with Crippen LogP contribution in [0.25, 0.3) is 0 Å². The van der Waals surface area contributed by atoms with Crippen LogP contribution in [0.1, 0.15) is 42.2 Å². The van der Waals surface area contributed by atoms with E-state index in [0.717, 1.165) is 12.8 Å². The minimum atomic E-state index is -0.365. The van der Waals surface area contributed by atoms with Gasteiger partial charge in [-0.05, 0) is 19.3 Å². The summed E-state index contributed by atoms with van der Waals surface area (Å²) in [6.07, 6.45) is 7.33. The SMILES string of the molecule is CCc1ncnc(N2CCCC2CC(=O)c2cnn(C)c2)c1F. The fourth-order valence-electron chi connectivity index (χ4n) is 3.07. The van der Waals surface area contributed by atoms with Gasteiger partial charge < -0.3 is 4.90 Å². The van der Waals surface area contributed by atoms with Crippen molar-refractivity contribution < 1.29 is 9.18 Å². The Kier molecular flexibility index (Phi) is 4.36. The van der Waals surface area contributed by atoms with E-state index in [-0.39, 0.29) is 17.6 Å². The highest BCUT2D eigenvalue weighted by Gasteiger charge is 2.30. The van der Waals surface area contributed by atoms with Gasteiger partial charge in [0, 0.05) is 32.3 Å². The van der Waals surface area contributed by atoms with Crippen molar-refractivity contribution in [2.24, 2.45) is 7.05 Å². The van der Waals surface area contributed by atoms with Crippen molar-refractivity contribution in [1.82, 2.24) is 19.7 Å². The molecule has 6 nitrogen and oxygen atoms in total. The summed E-state index contributed by atoms with van der Waals surface area (Å²) >= 11 is 0. The Morgan fingerprint density at radius 2 is 2.26 bits per heavy atom. The lowest BCUT2D eigenvalue weighted by Gasteiger charge is -2.25. The van der Waals surface area contributed by atoms with Crippen LogP contribution in [-0.4, -0.2) is 38.1 Å². The Morgan fingerprint density at radius 3 is 2.96 bits per heavy atom. The number of ketones is 1. The minimum absolute atomic E-state index is 0.0279. The number of carbonyl (C=O) groups is 1. The summed E-state index contributed by atoms with van der Waals surface area (Å²) in [5.41, 5.74) is 1.01. The topological polar surface area (TPSA) is 63.9 Å². The van der Waals surface area contributed by atoms with E-state index in [0.29, 0.717) is 36.5 Å². The van der Waals surface area contributed by atoms with E-state index >= 15 is 0 Å². The molecule has 0 saturated carbocycles. The summed E-state index contributed by atoms with van der Waals surface area (Å²) in [4.78, 5) is 22.4. The highest BCUT2D eigenvalue weighted by Crippen LogP contribution is 2.29. The second kappa shape index (κ2) is 6.44. The molecule has 1 atom stereocenters. The van der Waals surface area contributed by atoms with Crippen LogP contribution in [0.4, 0.5) is 10.2 Å². The maximum absolute atomic E-state index is 14.5. The first-order valence-electron chi connectivity index (χ1n) is 7.88. The van der Waals surface area contributed by atoms with Gasteiger partial charge in [0.1, 0.15) is 6.33 Å². The van der Waals surface area contributed by atoms with Crippen LogP contribution in [0.2, 0.25) is 0 Å². The quantitative estimate of drug-likeness (QED) is 0.791. The molecule has 3 heterocycles. The van der Waals surface area contributed by atoms with E-state index in [1.165, 1.54) is 6.33 Å². The minimum Gasteiger partial charge on any atom is -0.351 e. The third-order valence-electron chi connectivity index (χ3n) is 4.28. The maximum atomic E-state index is 14.5. The van der Waals surface area contributed by atoms with Crippen LogP contribution in [0.5, 0.6) is 0 Å². The Labute approximate surface area is 134 Å². The molecular formula is C16H20FN5O. The zero-order chi connectivity index (χ0) is 16.4. The molecule has 1 aliphatic rings. The molecule has 23 heavy (non-hydrogen) atoms. The van der Waals surface area contributed by atoms with Crippen molar-refractivity contribution in [2.45, 2.75) is 38.6 Å². The predicted octanol–water partition coefficient (Wildman–Crippen LogP) is 2.15. The molecule has 0 N–H and O–H groups in total. The van der Waals surface area contributed by atoms with E-state index in [1.54, 1.807) is 24.1 Å². The molecule has 0 radical (unpaired) electrons. The summed E-state index contributed by atoms with van der Waals surface area (Å²) in [6.45, 7) is 2.57. The van der Waals surface area contributed by atoms with Gasteiger partial charge in [0.2, 0.25) is 0 Å². The Hall–Kier alpha value is -2.31. The molecule has 122 valence electrons. The van der Waals surface area contributed by atoms with Crippen LogP contribution in [-0.2, 0) is 13.5 Å². The van der Waals surface area contributed by atoms with E-state index < -0.39 is 0 Å². The zero-order valence-corrected chi connectivity index (χ0v) is 13.4. The lowest BCUT2D eigenvalue weighted by atomic mass is 10.0. The van der Waals surface area contributed by atoms with Gasteiger partial charge in [0.25, 0.3) is 0 Å². The van der Waals surface area contributed by atoms with Crippen LogP contribution in [0.15, 0.2) is 18.7 Å². The standard InChI is InChI=1S/C16H20FN5O/c1-3-13-15(17)16(19-10-18-13)22-6-4-5-12(22)7-14(23)11-8-20-21(2)9-11/h8-10,12H,3-7H2,1-2H3. The number of anilines is 1. The van der Waals surface area contributed by atoms with Crippen molar-refractivity contribution in [2.75, 3.05) is 11.4 Å². The molecule has 1 saturated heterocycles. The number of hydrogen-bond donors (Lipinski definition) is 0. The monoisotopic (exact) mass is 317 g/mol. The summed E-state index contributed by atoms with van der Waals surface area (Å²) in [5, 5.41) is 4.03. The molecule has 1 unspecified atom stereocenters. The third-order valence-corrected chi connectivity index (χ3v) is 4.28. The van der Waals surface area contributed by atoms with Gasteiger partial charge in [0.05, 0.1) is 17.5 Å². The summed E-state index contributed by atoms with van der Waals surface area (Å²) < 4.78 is 16.1. The predicted molar refractivity (Wildman–Crippen MR) is 83.9 cm³/mol. The van der Waals surface area contributed by atoms with Gasteiger partial charge in [-0.3, -0.25) is 9.48 Å². The van der Waals surface area contributed by atoms with E-state index in [1.807, 2.05) is 11.8 Å². The highest BCUT2D eigenvalue weighted by atomic mass is 19.1. The summed E-state index contributed by atoms with van der Waals surface area (Å²) in [6, 6.07) is -0.0307. The molecule has 0 amide bonds. The molecule has 1 aliphatic heterocycles. The Morgan fingerprint density at radius 1 is 1.43 bits per heavy atom. The molecule has 0 bridgehead atoms. The maximum Gasteiger partial charge on any atom is 0.187 e. The van der Waals surface area contributed by atoms with Crippen molar-refractivity contribution >= 4 is 11.6 Å². The van der Waals surface area contributed by atoms with Crippen LogP contribution in [0.3, 0.4) is 0 Å². The van der Waals surface area contributed by atoms with Crippen molar-refractivity contribution in [3.63, 3.8) is 0 Å². The average Bonchev–Trinajstić information content (AvgIpc) is 3.17. The lowest BCUT2D eigenvalue weighted by molar-refractivity contribution is 0.0974. The van der Waals surface area contributed by atoms with Gasteiger partial charge in [0.15, 0.2) is 17.4 Å². The van der Waals surface area contributed by atoms with Gasteiger partial charge in [-0.1, -0.05) is 6.92 Å². The first-order valence-corrected chi connectivity index (χ1v) is 7.88. The van der Waals surface area contributed by atoms with Gasteiger partial charge in [-0.2, -0.15) is 5.10 Å². The smallest absolute Gasteiger partial charge is 0.187 e. The Bertz CT molecular complexity index is 714. The largest absolute Gasteiger partial charge is 0.351 e. The molecule has 3 rings (SSSR count). The van der Waals surface area contributed by atoms with Crippen molar-refractivity contribution in [3.05, 3.63) is 35.8 Å². The molecule has 0 spiro atoms. The van der Waals surface area contributed by atoms with Crippen LogP contribution >= 0.6 is 0 Å². The average molecular weight is 317 g/mol. The number of Topliss-reactive ketones (excluding diaryl/α,β-unsaturated/α-hetero) is 1. The van der Waals surface area contributed by atoms with E-state index in [9.17, 15) is 9.18 Å². The molecular weight excluding hydrogens is 297 g/mol. The summed E-state index contributed by atoms with van der Waals surface area (Å²) in [5.74, 6) is -0.0192. The number of hydrogen-bond acceptors (Lipinski definition) is 5. The molecule has 0 aromatic carbocycles. The first kappa shape index (κ1) is 15.6. The summed E-state index contributed by atoms with van der Waals surface area (Å²) in [7, 11) is 1.78. The van der Waals surface area contributed by atoms with Gasteiger partial charge in [-0.15, -0.1) is 0 Å². The number of aryl methyl sites for hydroxylation is 2. The third kappa shape index (κ3) is 3.09. The number of nitrogens with zero attached hydrogens (tertiary/aromatic N) is 5. The molecule has 2 aromatic heterocycles. The van der Waals surface area contributed by atoms with E-state index in [2.05, 4.69) is 15.1 Å². The fraction of sp³-hybridized carbons (Fsp3) is 0.500. The highest BCUT2D eigenvalue weighted by molar-refractivity contribution is 5.96. The van der Waals surface area contributed by atoms with Crippen molar-refractivity contribution in [1.29, 1.82) is 0 Å². The number of halogens is 1. The molecule has 7 heteroatoms. The van der Waals surface area contributed by atoms with E-state index in [4.69, 9.17) is 0 Å². The fourth-order valence-corrected chi connectivity index (χ4v) is 3.07. The lowest BCUT2D eigenvalue weighted by Crippen LogP contribution is -2.33. The molecule has 0 aliphatic carbocycles. The Balaban J connectivity index is 1.79. The zero-order valence-electron chi connectivity index (χ0n) is 13.4. The van der Waals surface area contributed by atoms with Crippen molar-refractivity contribution in [3.8, 4) is 0 Å². The first-order chi connectivity index (χ1) is 11.1. The number of aromatic nitrogens is 4. The van der Waals surface area contributed by atoms with Gasteiger partial charge >= 0.3 is 0 Å². The van der Waals surface area contributed by atoms with Gasteiger partial charge in [-0.25, -0.2) is 14.4 Å². The number of rotatable bonds is 5. The molecule has 2 aromatic rings. The molecule has 1 fully saturated rings. The second-order valence-corrected chi connectivity index (χ2v) is 5.83. The normalized spacial score (nSPS) is 17.7. The number of carbonyl (C=O) groups excluding carboxylic acids is 1. The second-order valence-electron chi connectivity index (χ2n) is 5.83. The van der Waals surface area contributed by atoms with Crippen LogP contribution < -0.4 is 4.90 Å².